The standard InChI is InChI=1S/C13H25N3O4S/c1-20-8-7-16(12-2-9-21(18,19)11-12)13(17)10-15-5-3-14-4-6-15/h12,14H,2-11H2,1H3. The minimum atomic E-state index is -2.99. The topological polar surface area (TPSA) is 79.0 Å². The van der Waals surface area contributed by atoms with Crippen LogP contribution in [0.1, 0.15) is 6.42 Å². The zero-order valence-corrected chi connectivity index (χ0v) is 13.4. The molecule has 7 nitrogen and oxygen atoms in total. The number of nitrogens with zero attached hydrogens (tertiary/aromatic N) is 2. The molecule has 1 N–H and O–H groups in total. The molecule has 0 saturated carbocycles. The number of carbonyl (C=O) groups excluding carboxylic acids is 1. The molecule has 0 radical (unpaired) electrons. The third-order valence-electron chi connectivity index (χ3n) is 4.07. The number of piperazine rings is 1. The van der Waals surface area contributed by atoms with Gasteiger partial charge in [-0.2, -0.15) is 0 Å². The van der Waals surface area contributed by atoms with Crippen molar-refractivity contribution in [3.63, 3.8) is 0 Å². The van der Waals surface area contributed by atoms with E-state index < -0.39 is 9.84 Å². The zero-order chi connectivity index (χ0) is 15.3. The number of rotatable bonds is 6. The van der Waals surface area contributed by atoms with Crippen molar-refractivity contribution in [1.82, 2.24) is 15.1 Å². The van der Waals surface area contributed by atoms with Gasteiger partial charge in [-0.1, -0.05) is 0 Å². The Kier molecular flexibility index (Phi) is 5.98. The molecule has 2 rings (SSSR count). The highest BCUT2D eigenvalue weighted by Crippen LogP contribution is 2.18. The maximum atomic E-state index is 12.5. The van der Waals surface area contributed by atoms with Crippen LogP contribution in [0.2, 0.25) is 0 Å². The van der Waals surface area contributed by atoms with E-state index in [1.807, 2.05) is 0 Å². The van der Waals surface area contributed by atoms with Crippen LogP contribution in [0, 0.1) is 0 Å². The van der Waals surface area contributed by atoms with E-state index >= 15 is 0 Å². The highest BCUT2D eigenvalue weighted by atomic mass is 32.2. The summed E-state index contributed by atoms with van der Waals surface area (Å²) in [6, 6.07) is -0.194. The number of carbonyl (C=O) groups is 1. The van der Waals surface area contributed by atoms with Crippen LogP contribution in [0.15, 0.2) is 0 Å². The molecule has 1 atom stereocenters. The summed E-state index contributed by atoms with van der Waals surface area (Å²) in [6.07, 6.45) is 0.541. The monoisotopic (exact) mass is 319 g/mol. The summed E-state index contributed by atoms with van der Waals surface area (Å²) >= 11 is 0. The van der Waals surface area contributed by atoms with Crippen molar-refractivity contribution in [2.24, 2.45) is 0 Å². The SMILES string of the molecule is COCCN(C(=O)CN1CCNCC1)C1CCS(=O)(=O)C1. The van der Waals surface area contributed by atoms with Crippen LogP contribution in [-0.2, 0) is 19.4 Å². The number of hydrogen-bond acceptors (Lipinski definition) is 6. The predicted octanol–water partition coefficient (Wildman–Crippen LogP) is -1.45. The molecule has 0 spiro atoms. The van der Waals surface area contributed by atoms with E-state index in [4.69, 9.17) is 4.74 Å². The van der Waals surface area contributed by atoms with E-state index in [1.54, 1.807) is 12.0 Å². The molecule has 122 valence electrons. The molecule has 0 bridgehead atoms. The van der Waals surface area contributed by atoms with E-state index in [-0.39, 0.29) is 23.5 Å². The van der Waals surface area contributed by atoms with Gasteiger partial charge in [-0.05, 0) is 6.42 Å². The molecule has 0 aromatic carbocycles. The summed E-state index contributed by atoms with van der Waals surface area (Å²) in [5.74, 6) is 0.280. The Morgan fingerprint density at radius 1 is 1.38 bits per heavy atom. The van der Waals surface area contributed by atoms with Gasteiger partial charge in [0, 0.05) is 45.9 Å². The molecule has 8 heteroatoms. The fourth-order valence-corrected chi connectivity index (χ4v) is 4.60. The largest absolute Gasteiger partial charge is 0.383 e. The van der Waals surface area contributed by atoms with Gasteiger partial charge in [-0.3, -0.25) is 9.69 Å². The number of methoxy groups -OCH3 is 1. The summed E-state index contributed by atoms with van der Waals surface area (Å²) in [7, 11) is -1.40. The van der Waals surface area contributed by atoms with Gasteiger partial charge in [-0.15, -0.1) is 0 Å². The first-order valence-corrected chi connectivity index (χ1v) is 9.26. The normalized spacial score (nSPS) is 25.9. The zero-order valence-electron chi connectivity index (χ0n) is 12.6. The first kappa shape index (κ1) is 16.7. The van der Waals surface area contributed by atoms with Crippen LogP contribution in [0.4, 0.5) is 0 Å². The van der Waals surface area contributed by atoms with Gasteiger partial charge in [0.2, 0.25) is 5.91 Å². The quantitative estimate of drug-likeness (QED) is 0.646. The fourth-order valence-electron chi connectivity index (χ4n) is 2.87. The van der Waals surface area contributed by atoms with Crippen molar-refractivity contribution < 1.29 is 17.9 Å². The molecule has 0 aliphatic carbocycles. The Bertz CT molecular complexity index is 448. The van der Waals surface area contributed by atoms with Crippen LogP contribution in [0.5, 0.6) is 0 Å². The molecule has 0 aromatic rings. The summed E-state index contributed by atoms with van der Waals surface area (Å²) in [5.41, 5.74) is 0. The lowest BCUT2D eigenvalue weighted by molar-refractivity contribution is -0.135. The number of amides is 1. The third-order valence-corrected chi connectivity index (χ3v) is 5.82. The van der Waals surface area contributed by atoms with E-state index in [2.05, 4.69) is 10.2 Å². The van der Waals surface area contributed by atoms with Crippen molar-refractivity contribution in [3.8, 4) is 0 Å². The predicted molar refractivity (Wildman–Crippen MR) is 80.0 cm³/mol. The molecule has 2 saturated heterocycles. The smallest absolute Gasteiger partial charge is 0.237 e. The average Bonchev–Trinajstić information content (AvgIpc) is 2.80. The van der Waals surface area contributed by atoms with Gasteiger partial charge >= 0.3 is 0 Å². The first-order chi connectivity index (χ1) is 10.0. The Morgan fingerprint density at radius 2 is 2.10 bits per heavy atom. The van der Waals surface area contributed by atoms with E-state index in [0.29, 0.717) is 26.1 Å². The summed E-state index contributed by atoms with van der Waals surface area (Å²) in [4.78, 5) is 16.3. The van der Waals surface area contributed by atoms with Gasteiger partial charge in [0.1, 0.15) is 0 Å². The van der Waals surface area contributed by atoms with Crippen molar-refractivity contribution in [2.45, 2.75) is 12.5 Å². The molecule has 2 fully saturated rings. The van der Waals surface area contributed by atoms with Gasteiger partial charge < -0.3 is 15.0 Å². The molecule has 0 aromatic heterocycles. The Morgan fingerprint density at radius 3 is 2.67 bits per heavy atom. The van der Waals surface area contributed by atoms with Gasteiger partial charge in [-0.25, -0.2) is 8.42 Å². The molecule has 1 unspecified atom stereocenters. The van der Waals surface area contributed by atoms with Gasteiger partial charge in [0.05, 0.1) is 24.7 Å². The number of hydrogen-bond donors (Lipinski definition) is 1. The second-order valence-electron chi connectivity index (χ2n) is 5.66. The van der Waals surface area contributed by atoms with Gasteiger partial charge in [0.15, 0.2) is 9.84 Å². The highest BCUT2D eigenvalue weighted by molar-refractivity contribution is 7.91. The average molecular weight is 319 g/mol. The highest BCUT2D eigenvalue weighted by Gasteiger charge is 2.34. The molecular formula is C13H25N3O4S. The van der Waals surface area contributed by atoms with Crippen molar-refractivity contribution in [1.29, 1.82) is 0 Å². The maximum Gasteiger partial charge on any atom is 0.237 e. The molecular weight excluding hydrogens is 294 g/mol. The van der Waals surface area contributed by atoms with E-state index in [1.165, 1.54) is 0 Å². The summed E-state index contributed by atoms with van der Waals surface area (Å²) in [6.45, 7) is 4.75. The van der Waals surface area contributed by atoms with Crippen LogP contribution in [0.3, 0.4) is 0 Å². The molecule has 2 aliphatic heterocycles. The second kappa shape index (κ2) is 7.53. The maximum absolute atomic E-state index is 12.5. The fraction of sp³-hybridized carbons (Fsp3) is 0.923. The van der Waals surface area contributed by atoms with Crippen LogP contribution in [0.25, 0.3) is 0 Å². The van der Waals surface area contributed by atoms with E-state index in [0.717, 1.165) is 26.2 Å². The summed E-state index contributed by atoms with van der Waals surface area (Å²) in [5, 5.41) is 3.25. The van der Waals surface area contributed by atoms with E-state index in [9.17, 15) is 13.2 Å². The lowest BCUT2D eigenvalue weighted by atomic mass is 10.2. The van der Waals surface area contributed by atoms with Crippen LogP contribution < -0.4 is 5.32 Å². The molecule has 21 heavy (non-hydrogen) atoms. The number of ether oxygens (including phenoxy) is 1. The molecule has 2 aliphatic rings. The van der Waals surface area contributed by atoms with Crippen molar-refractivity contribution >= 4 is 15.7 Å². The Hall–Kier alpha value is -0.700. The third kappa shape index (κ3) is 4.91. The lowest BCUT2D eigenvalue weighted by Crippen LogP contribution is -2.51. The first-order valence-electron chi connectivity index (χ1n) is 7.44. The number of nitrogens with one attached hydrogen (secondary N) is 1. The Balaban J connectivity index is 1.95. The second-order valence-corrected chi connectivity index (χ2v) is 7.89. The van der Waals surface area contributed by atoms with Crippen LogP contribution in [-0.4, -0.2) is 94.7 Å². The van der Waals surface area contributed by atoms with Crippen molar-refractivity contribution in [2.75, 3.05) is 64.5 Å². The number of sulfone groups is 1. The summed E-state index contributed by atoms with van der Waals surface area (Å²) < 4.78 is 28.3. The van der Waals surface area contributed by atoms with Crippen LogP contribution >= 0.6 is 0 Å². The Labute approximate surface area is 126 Å². The molecule has 1 amide bonds. The minimum Gasteiger partial charge on any atom is -0.383 e. The van der Waals surface area contributed by atoms with Gasteiger partial charge in [0.25, 0.3) is 0 Å². The van der Waals surface area contributed by atoms with Crippen molar-refractivity contribution in [3.05, 3.63) is 0 Å². The minimum absolute atomic E-state index is 0.0102. The lowest BCUT2D eigenvalue weighted by Gasteiger charge is -2.32. The molecule has 2 heterocycles.